The van der Waals surface area contributed by atoms with Crippen LogP contribution in [-0.2, 0) is 16.1 Å². The van der Waals surface area contributed by atoms with Crippen LogP contribution in [-0.4, -0.2) is 34.3 Å². The SMILES string of the molecule is CCC1NCC(=O)N(Cc2cccnc2C#N)C1=O. The lowest BCUT2D eigenvalue weighted by Crippen LogP contribution is -2.57. The van der Waals surface area contributed by atoms with E-state index >= 15 is 0 Å². The van der Waals surface area contributed by atoms with Gasteiger partial charge in [-0.15, -0.1) is 0 Å². The molecule has 0 spiro atoms. The number of carbonyl (C=O) groups is 2. The Hall–Kier alpha value is -2.26. The fourth-order valence-corrected chi connectivity index (χ4v) is 2.03. The van der Waals surface area contributed by atoms with Crippen molar-refractivity contribution < 1.29 is 9.59 Å². The number of nitrogens with zero attached hydrogens (tertiary/aromatic N) is 3. The van der Waals surface area contributed by atoms with Crippen LogP contribution in [0.2, 0.25) is 0 Å². The highest BCUT2D eigenvalue weighted by Gasteiger charge is 2.33. The normalized spacial score (nSPS) is 19.4. The van der Waals surface area contributed by atoms with Crippen molar-refractivity contribution in [2.24, 2.45) is 0 Å². The Kier molecular flexibility index (Phi) is 3.88. The predicted molar refractivity (Wildman–Crippen MR) is 66.6 cm³/mol. The molecule has 1 aliphatic heterocycles. The maximum Gasteiger partial charge on any atom is 0.246 e. The Labute approximate surface area is 111 Å². The maximum atomic E-state index is 12.1. The van der Waals surface area contributed by atoms with Gasteiger partial charge in [0.15, 0.2) is 0 Å². The van der Waals surface area contributed by atoms with Gasteiger partial charge in [0.25, 0.3) is 0 Å². The van der Waals surface area contributed by atoms with Crippen LogP contribution in [0.25, 0.3) is 0 Å². The van der Waals surface area contributed by atoms with Gasteiger partial charge in [0.2, 0.25) is 11.8 Å². The average Bonchev–Trinajstić information content (AvgIpc) is 2.44. The molecular weight excluding hydrogens is 244 g/mol. The lowest BCUT2D eigenvalue weighted by molar-refractivity contribution is -0.150. The topological polar surface area (TPSA) is 86.1 Å². The van der Waals surface area contributed by atoms with Gasteiger partial charge in [-0.3, -0.25) is 19.8 Å². The molecule has 6 nitrogen and oxygen atoms in total. The summed E-state index contributed by atoms with van der Waals surface area (Å²) >= 11 is 0. The third kappa shape index (κ3) is 2.61. The van der Waals surface area contributed by atoms with Crippen LogP contribution in [0.1, 0.15) is 24.6 Å². The Bertz CT molecular complexity index is 550. The number of nitrogens with one attached hydrogen (secondary N) is 1. The van der Waals surface area contributed by atoms with Crippen LogP contribution in [0.4, 0.5) is 0 Å². The lowest BCUT2D eigenvalue weighted by atomic mass is 10.1. The molecular formula is C13H14N4O2. The number of hydrogen-bond donors (Lipinski definition) is 1. The first kappa shape index (κ1) is 13.2. The summed E-state index contributed by atoms with van der Waals surface area (Å²) in [4.78, 5) is 29.0. The van der Waals surface area contributed by atoms with Crippen molar-refractivity contribution in [3.8, 4) is 6.07 Å². The third-order valence-electron chi connectivity index (χ3n) is 3.10. The maximum absolute atomic E-state index is 12.1. The van der Waals surface area contributed by atoms with Gasteiger partial charge in [0.05, 0.1) is 19.1 Å². The largest absolute Gasteiger partial charge is 0.297 e. The quantitative estimate of drug-likeness (QED) is 0.782. The molecule has 1 atom stereocenters. The molecule has 1 fully saturated rings. The Morgan fingerprint density at radius 1 is 1.58 bits per heavy atom. The number of imide groups is 1. The van der Waals surface area contributed by atoms with Crippen LogP contribution < -0.4 is 5.32 Å². The molecule has 2 heterocycles. The zero-order chi connectivity index (χ0) is 13.8. The summed E-state index contributed by atoms with van der Waals surface area (Å²) in [6.07, 6.45) is 2.14. The zero-order valence-electron chi connectivity index (χ0n) is 10.6. The molecule has 98 valence electrons. The molecule has 0 aliphatic carbocycles. The molecule has 6 heteroatoms. The molecule has 2 amide bonds. The van der Waals surface area contributed by atoms with E-state index in [9.17, 15) is 9.59 Å². The Balaban J connectivity index is 2.23. The van der Waals surface area contributed by atoms with E-state index < -0.39 is 0 Å². The minimum absolute atomic E-state index is 0.104. The molecule has 1 aromatic rings. The number of amides is 2. The number of carbonyl (C=O) groups excluding carboxylic acids is 2. The molecule has 1 saturated heterocycles. The molecule has 1 N–H and O–H groups in total. The summed E-state index contributed by atoms with van der Waals surface area (Å²) in [7, 11) is 0. The summed E-state index contributed by atoms with van der Waals surface area (Å²) < 4.78 is 0. The van der Waals surface area contributed by atoms with Gasteiger partial charge in [0.1, 0.15) is 11.8 Å². The second-order valence-electron chi connectivity index (χ2n) is 4.28. The number of pyridine rings is 1. The van der Waals surface area contributed by atoms with Crippen LogP contribution in [0.5, 0.6) is 0 Å². The van der Waals surface area contributed by atoms with Crippen LogP contribution in [0.3, 0.4) is 0 Å². The van der Waals surface area contributed by atoms with Gasteiger partial charge in [-0.1, -0.05) is 13.0 Å². The van der Waals surface area contributed by atoms with Crippen molar-refractivity contribution in [1.82, 2.24) is 15.2 Å². The van der Waals surface area contributed by atoms with E-state index in [1.807, 2.05) is 13.0 Å². The second-order valence-corrected chi connectivity index (χ2v) is 4.28. The summed E-state index contributed by atoms with van der Waals surface area (Å²) in [5, 5.41) is 11.9. The summed E-state index contributed by atoms with van der Waals surface area (Å²) in [6, 6.07) is 5.02. The van der Waals surface area contributed by atoms with E-state index in [1.54, 1.807) is 12.1 Å². The lowest BCUT2D eigenvalue weighted by Gasteiger charge is -2.31. The molecule has 0 bridgehead atoms. The molecule has 19 heavy (non-hydrogen) atoms. The van der Waals surface area contributed by atoms with Gasteiger partial charge >= 0.3 is 0 Å². The molecule has 0 aromatic carbocycles. The zero-order valence-corrected chi connectivity index (χ0v) is 10.6. The van der Waals surface area contributed by atoms with Gasteiger partial charge < -0.3 is 0 Å². The smallest absolute Gasteiger partial charge is 0.246 e. The third-order valence-corrected chi connectivity index (χ3v) is 3.10. The summed E-state index contributed by atoms with van der Waals surface area (Å²) in [6.45, 7) is 2.13. The van der Waals surface area contributed by atoms with E-state index in [0.717, 1.165) is 0 Å². The minimum atomic E-state index is -0.333. The van der Waals surface area contributed by atoms with E-state index in [1.165, 1.54) is 11.1 Å². The van der Waals surface area contributed by atoms with Crippen molar-refractivity contribution >= 4 is 11.8 Å². The van der Waals surface area contributed by atoms with Gasteiger partial charge in [-0.2, -0.15) is 5.26 Å². The fraction of sp³-hybridized carbons (Fsp3) is 0.385. The highest BCUT2D eigenvalue weighted by Crippen LogP contribution is 2.13. The van der Waals surface area contributed by atoms with Crippen molar-refractivity contribution in [3.05, 3.63) is 29.6 Å². The standard InChI is InChI=1S/C13H14N4O2/c1-2-10-13(19)17(12(18)7-16-10)8-9-4-3-5-15-11(9)6-14/h3-5,10,16H,2,7-8H2,1H3. The predicted octanol–water partition coefficient (Wildman–Crippen LogP) is 0.190. The first-order valence-corrected chi connectivity index (χ1v) is 6.09. The Morgan fingerprint density at radius 3 is 3.05 bits per heavy atom. The van der Waals surface area contributed by atoms with Gasteiger partial charge in [-0.05, 0) is 12.5 Å². The van der Waals surface area contributed by atoms with Crippen LogP contribution >= 0.6 is 0 Å². The second kappa shape index (κ2) is 5.59. The number of rotatable bonds is 3. The van der Waals surface area contributed by atoms with E-state index in [2.05, 4.69) is 10.3 Å². The van der Waals surface area contributed by atoms with E-state index in [0.29, 0.717) is 12.0 Å². The monoisotopic (exact) mass is 258 g/mol. The molecule has 0 radical (unpaired) electrons. The number of hydrogen-bond acceptors (Lipinski definition) is 5. The van der Waals surface area contributed by atoms with E-state index in [4.69, 9.17) is 5.26 Å². The van der Waals surface area contributed by atoms with Crippen molar-refractivity contribution in [1.29, 1.82) is 5.26 Å². The average molecular weight is 258 g/mol. The fourth-order valence-electron chi connectivity index (χ4n) is 2.03. The molecule has 1 aliphatic rings. The highest BCUT2D eigenvalue weighted by molar-refractivity contribution is 6.01. The molecule has 0 saturated carbocycles. The first-order valence-electron chi connectivity index (χ1n) is 6.09. The van der Waals surface area contributed by atoms with Crippen molar-refractivity contribution in [2.75, 3.05) is 6.54 Å². The highest BCUT2D eigenvalue weighted by atomic mass is 16.2. The first-order chi connectivity index (χ1) is 9.17. The minimum Gasteiger partial charge on any atom is -0.297 e. The molecule has 1 aromatic heterocycles. The summed E-state index contributed by atoms with van der Waals surface area (Å²) in [5.41, 5.74) is 0.832. The van der Waals surface area contributed by atoms with Gasteiger partial charge in [-0.25, -0.2) is 4.98 Å². The van der Waals surface area contributed by atoms with Crippen LogP contribution in [0.15, 0.2) is 18.3 Å². The number of piperazine rings is 1. The Morgan fingerprint density at radius 2 is 2.37 bits per heavy atom. The van der Waals surface area contributed by atoms with E-state index in [-0.39, 0.29) is 36.6 Å². The van der Waals surface area contributed by atoms with Crippen molar-refractivity contribution in [2.45, 2.75) is 25.9 Å². The number of nitriles is 1. The van der Waals surface area contributed by atoms with Gasteiger partial charge in [0, 0.05) is 11.8 Å². The van der Waals surface area contributed by atoms with Crippen molar-refractivity contribution in [3.63, 3.8) is 0 Å². The number of aromatic nitrogens is 1. The van der Waals surface area contributed by atoms with Crippen LogP contribution in [0, 0.1) is 11.3 Å². The molecule has 2 rings (SSSR count). The molecule has 1 unspecified atom stereocenters. The summed E-state index contributed by atoms with van der Waals surface area (Å²) in [5.74, 6) is -0.520.